The molecule has 0 aliphatic heterocycles. The van der Waals surface area contributed by atoms with Gasteiger partial charge in [0.05, 0.1) is 7.11 Å². The molecule has 1 unspecified atom stereocenters. The zero-order valence-corrected chi connectivity index (χ0v) is 11.6. The van der Waals surface area contributed by atoms with Crippen LogP contribution in [-0.4, -0.2) is 24.7 Å². The molecule has 0 spiro atoms. The molecule has 0 bridgehead atoms. The number of carbonyl (C=O) groups excluding carboxylic acids is 2. The van der Waals surface area contributed by atoms with E-state index in [1.54, 1.807) is 31.2 Å². The van der Waals surface area contributed by atoms with Crippen LogP contribution in [-0.2, 0) is 9.53 Å². The van der Waals surface area contributed by atoms with Gasteiger partial charge in [0.1, 0.15) is 11.3 Å². The molecular formula is C14H19NO4. The Balaban J connectivity index is 2.75. The van der Waals surface area contributed by atoms with Gasteiger partial charge in [-0.1, -0.05) is 32.0 Å². The second-order valence-electron chi connectivity index (χ2n) is 4.68. The standard InChI is InChI=1S/C14H19NO4/c1-10(2)14(3,12(16)18-4)15-13(17)19-11-8-6-5-7-9-11/h5-10H,1-4H3,(H,15,17). The number of amides is 1. The van der Waals surface area contributed by atoms with Gasteiger partial charge < -0.3 is 14.8 Å². The lowest BCUT2D eigenvalue weighted by Crippen LogP contribution is -2.57. The van der Waals surface area contributed by atoms with Crippen LogP contribution in [0.1, 0.15) is 20.8 Å². The average molecular weight is 265 g/mol. The van der Waals surface area contributed by atoms with Gasteiger partial charge >= 0.3 is 12.1 Å². The van der Waals surface area contributed by atoms with Crippen molar-refractivity contribution in [1.82, 2.24) is 5.32 Å². The highest BCUT2D eigenvalue weighted by Gasteiger charge is 2.39. The first-order valence-corrected chi connectivity index (χ1v) is 6.03. The zero-order chi connectivity index (χ0) is 14.5. The maximum Gasteiger partial charge on any atom is 0.413 e. The van der Waals surface area contributed by atoms with E-state index in [2.05, 4.69) is 5.32 Å². The van der Waals surface area contributed by atoms with E-state index in [1.165, 1.54) is 7.11 Å². The molecule has 1 rings (SSSR count). The summed E-state index contributed by atoms with van der Waals surface area (Å²) >= 11 is 0. The number of hydrogen-bond donors (Lipinski definition) is 1. The van der Waals surface area contributed by atoms with E-state index in [0.29, 0.717) is 5.75 Å². The molecule has 19 heavy (non-hydrogen) atoms. The molecule has 0 saturated heterocycles. The summed E-state index contributed by atoms with van der Waals surface area (Å²) in [5.41, 5.74) is -1.12. The van der Waals surface area contributed by atoms with Crippen LogP contribution in [0.25, 0.3) is 0 Å². The number of methoxy groups -OCH3 is 1. The Labute approximate surface area is 112 Å². The Morgan fingerprint density at radius 2 is 1.79 bits per heavy atom. The molecule has 5 nitrogen and oxygen atoms in total. The highest BCUT2D eigenvalue weighted by Crippen LogP contribution is 2.19. The number of benzene rings is 1. The van der Waals surface area contributed by atoms with Gasteiger partial charge in [-0.3, -0.25) is 0 Å². The van der Waals surface area contributed by atoms with E-state index in [9.17, 15) is 9.59 Å². The second-order valence-corrected chi connectivity index (χ2v) is 4.68. The van der Waals surface area contributed by atoms with Crippen LogP contribution in [0, 0.1) is 5.92 Å². The maximum absolute atomic E-state index is 11.8. The van der Waals surface area contributed by atoms with Crippen LogP contribution in [0.3, 0.4) is 0 Å². The van der Waals surface area contributed by atoms with Crippen molar-refractivity contribution in [2.24, 2.45) is 5.92 Å². The van der Waals surface area contributed by atoms with Gasteiger partial charge in [-0.05, 0) is 25.0 Å². The van der Waals surface area contributed by atoms with Gasteiger partial charge in [0.15, 0.2) is 0 Å². The predicted octanol–water partition coefficient (Wildman–Crippen LogP) is 2.36. The molecule has 1 atom stereocenters. The van der Waals surface area contributed by atoms with Gasteiger partial charge in [-0.15, -0.1) is 0 Å². The molecule has 0 fully saturated rings. The van der Waals surface area contributed by atoms with Crippen molar-refractivity contribution in [1.29, 1.82) is 0 Å². The van der Waals surface area contributed by atoms with Crippen molar-refractivity contribution < 1.29 is 19.1 Å². The summed E-state index contributed by atoms with van der Waals surface area (Å²) in [7, 11) is 1.28. The van der Waals surface area contributed by atoms with Crippen LogP contribution in [0.4, 0.5) is 4.79 Å². The molecule has 1 amide bonds. The lowest BCUT2D eigenvalue weighted by Gasteiger charge is -2.31. The van der Waals surface area contributed by atoms with Gasteiger partial charge in [-0.25, -0.2) is 9.59 Å². The summed E-state index contributed by atoms with van der Waals surface area (Å²) in [6.07, 6.45) is -0.687. The normalized spacial score (nSPS) is 13.5. The minimum atomic E-state index is -1.12. The molecule has 0 heterocycles. The highest BCUT2D eigenvalue weighted by atomic mass is 16.6. The van der Waals surface area contributed by atoms with Crippen LogP contribution < -0.4 is 10.1 Å². The zero-order valence-electron chi connectivity index (χ0n) is 11.6. The minimum absolute atomic E-state index is 0.136. The third-order valence-electron chi connectivity index (χ3n) is 3.08. The highest BCUT2D eigenvalue weighted by molar-refractivity contribution is 5.86. The fourth-order valence-corrected chi connectivity index (χ4v) is 1.48. The maximum atomic E-state index is 11.8. The summed E-state index contributed by atoms with van der Waals surface area (Å²) < 4.78 is 9.82. The largest absolute Gasteiger partial charge is 0.467 e. The molecule has 1 aromatic rings. The van der Waals surface area contributed by atoms with E-state index >= 15 is 0 Å². The summed E-state index contributed by atoms with van der Waals surface area (Å²) in [6.45, 7) is 5.25. The smallest absolute Gasteiger partial charge is 0.413 e. The number of esters is 1. The third-order valence-corrected chi connectivity index (χ3v) is 3.08. The summed E-state index contributed by atoms with van der Waals surface area (Å²) in [5, 5.41) is 2.56. The molecule has 104 valence electrons. The number of rotatable bonds is 4. The van der Waals surface area contributed by atoms with Crippen molar-refractivity contribution >= 4 is 12.1 Å². The summed E-state index contributed by atoms with van der Waals surface area (Å²) in [6, 6.07) is 8.64. The Morgan fingerprint density at radius 3 is 2.26 bits per heavy atom. The number of hydrogen-bond acceptors (Lipinski definition) is 4. The van der Waals surface area contributed by atoms with Gasteiger partial charge in [-0.2, -0.15) is 0 Å². The van der Waals surface area contributed by atoms with E-state index in [-0.39, 0.29) is 5.92 Å². The molecule has 0 aromatic heterocycles. The number of para-hydroxylation sites is 1. The van der Waals surface area contributed by atoms with Crippen molar-refractivity contribution in [3.63, 3.8) is 0 Å². The average Bonchev–Trinajstić information content (AvgIpc) is 2.38. The van der Waals surface area contributed by atoms with Crippen LogP contribution in [0.15, 0.2) is 30.3 Å². The SMILES string of the molecule is COC(=O)C(C)(NC(=O)Oc1ccccc1)C(C)C. The van der Waals surface area contributed by atoms with E-state index < -0.39 is 17.6 Å². The Hall–Kier alpha value is -2.04. The first-order chi connectivity index (χ1) is 8.90. The van der Waals surface area contributed by atoms with Crippen LogP contribution in [0.2, 0.25) is 0 Å². The molecule has 0 saturated carbocycles. The fraction of sp³-hybridized carbons (Fsp3) is 0.429. The first kappa shape index (κ1) is 15.0. The quantitative estimate of drug-likeness (QED) is 0.849. The van der Waals surface area contributed by atoms with Crippen molar-refractivity contribution in [2.45, 2.75) is 26.3 Å². The minimum Gasteiger partial charge on any atom is -0.467 e. The van der Waals surface area contributed by atoms with E-state index in [1.807, 2.05) is 19.9 Å². The Bertz CT molecular complexity index is 444. The number of carbonyl (C=O) groups is 2. The second kappa shape index (κ2) is 6.22. The number of nitrogens with one attached hydrogen (secondary N) is 1. The molecule has 0 aliphatic carbocycles. The topological polar surface area (TPSA) is 64.6 Å². The summed E-state index contributed by atoms with van der Waals surface area (Å²) in [5.74, 6) is -0.230. The van der Waals surface area contributed by atoms with Gasteiger partial charge in [0.2, 0.25) is 0 Å². The molecule has 0 aliphatic rings. The fourth-order valence-electron chi connectivity index (χ4n) is 1.48. The molecular weight excluding hydrogens is 246 g/mol. The van der Waals surface area contributed by atoms with Crippen LogP contribution in [0.5, 0.6) is 5.75 Å². The predicted molar refractivity (Wildman–Crippen MR) is 70.9 cm³/mol. The lowest BCUT2D eigenvalue weighted by atomic mass is 9.89. The number of ether oxygens (including phenoxy) is 2. The van der Waals surface area contributed by atoms with Crippen LogP contribution >= 0.6 is 0 Å². The Morgan fingerprint density at radius 1 is 1.21 bits per heavy atom. The molecule has 1 N–H and O–H groups in total. The Kier molecular flexibility index (Phi) is 4.92. The molecule has 1 aromatic carbocycles. The van der Waals surface area contributed by atoms with Gasteiger partial charge in [0.25, 0.3) is 0 Å². The van der Waals surface area contributed by atoms with Crippen molar-refractivity contribution in [3.05, 3.63) is 30.3 Å². The van der Waals surface area contributed by atoms with Crippen molar-refractivity contribution in [3.8, 4) is 5.75 Å². The third kappa shape index (κ3) is 3.71. The van der Waals surface area contributed by atoms with Gasteiger partial charge in [0, 0.05) is 0 Å². The lowest BCUT2D eigenvalue weighted by molar-refractivity contribution is -0.149. The molecule has 0 radical (unpaired) electrons. The van der Waals surface area contributed by atoms with Crippen molar-refractivity contribution in [2.75, 3.05) is 7.11 Å². The monoisotopic (exact) mass is 265 g/mol. The summed E-state index contributed by atoms with van der Waals surface area (Å²) in [4.78, 5) is 23.6. The van der Waals surface area contributed by atoms with E-state index in [4.69, 9.17) is 9.47 Å². The first-order valence-electron chi connectivity index (χ1n) is 6.03. The molecule has 5 heteroatoms. The van der Waals surface area contributed by atoms with E-state index in [0.717, 1.165) is 0 Å².